The van der Waals surface area contributed by atoms with Gasteiger partial charge in [0.1, 0.15) is 0 Å². The topological polar surface area (TPSA) is 35.5 Å². The van der Waals surface area contributed by atoms with Crippen LogP contribution in [-0.4, -0.2) is 0 Å². The molecule has 1 heterocycles. The van der Waals surface area contributed by atoms with Gasteiger partial charge >= 0.3 is 0 Å². The average Bonchev–Trinajstić information content (AvgIpc) is 2.96. The highest BCUT2D eigenvalue weighted by Gasteiger charge is 2.34. The van der Waals surface area contributed by atoms with Crippen LogP contribution in [-0.2, 0) is 4.57 Å². The Morgan fingerprint density at radius 2 is 1.03 bits per heavy atom. The first-order chi connectivity index (χ1) is 17.7. The summed E-state index contributed by atoms with van der Waals surface area (Å²) in [5, 5.41) is 6.14. The molecule has 7 rings (SSSR count). The van der Waals surface area contributed by atoms with Crippen LogP contribution in [0.2, 0.25) is 0 Å². The van der Waals surface area contributed by atoms with Crippen LogP contribution in [0, 0.1) is 0 Å². The molecule has 6 aromatic carbocycles. The fraction of sp³-hybridized carbons (Fsp3) is 0. The number of hydrogen-bond acceptors (Lipinski definition) is 3. The Balaban J connectivity index is 1.52. The molecule has 3 nitrogen and oxygen atoms in total. The van der Waals surface area contributed by atoms with E-state index in [0.717, 1.165) is 37.5 Å². The van der Waals surface area contributed by atoms with Gasteiger partial charge in [0.2, 0.25) is 0 Å². The highest BCUT2D eigenvalue weighted by Crippen LogP contribution is 2.54. The van der Waals surface area contributed by atoms with Crippen molar-refractivity contribution in [2.24, 2.45) is 0 Å². The minimum Gasteiger partial charge on any atom is -0.449 e. The Bertz CT molecular complexity index is 1770. The molecule has 0 bridgehead atoms. The summed E-state index contributed by atoms with van der Waals surface area (Å²) in [5.74, 6) is 2.56. The first kappa shape index (κ1) is 21.0. The zero-order valence-corrected chi connectivity index (χ0v) is 20.2. The van der Waals surface area contributed by atoms with Gasteiger partial charge < -0.3 is 14.0 Å². The Labute approximate surface area is 208 Å². The van der Waals surface area contributed by atoms with Crippen molar-refractivity contribution in [1.29, 1.82) is 0 Å². The van der Waals surface area contributed by atoms with Gasteiger partial charge in [-0.25, -0.2) is 0 Å². The highest BCUT2D eigenvalue weighted by molar-refractivity contribution is 7.85. The maximum absolute atomic E-state index is 15.2. The van der Waals surface area contributed by atoms with Crippen molar-refractivity contribution in [3.05, 3.63) is 127 Å². The third kappa shape index (κ3) is 3.10. The Kier molecular flexibility index (Phi) is 4.73. The standard InChI is InChI=1S/C32H21O3P/c33-36(23-12-3-1-4-13-23,24-14-5-2-6-15-24)30-21-29-32(27-18-10-9-17-26(27)30)35-31-25-16-8-7-11-22(25)19-20-28(31)34-29/h1-21H. The molecule has 0 atom stereocenters. The van der Waals surface area contributed by atoms with E-state index in [1.54, 1.807) is 0 Å². The van der Waals surface area contributed by atoms with E-state index in [4.69, 9.17) is 9.47 Å². The predicted molar refractivity (Wildman–Crippen MR) is 147 cm³/mol. The molecule has 0 saturated heterocycles. The third-order valence-electron chi connectivity index (χ3n) is 6.79. The molecule has 0 spiro atoms. The Morgan fingerprint density at radius 1 is 0.472 bits per heavy atom. The summed E-state index contributed by atoms with van der Waals surface area (Å²) in [6.45, 7) is 0. The summed E-state index contributed by atoms with van der Waals surface area (Å²) in [5.41, 5.74) is 0. The summed E-state index contributed by atoms with van der Waals surface area (Å²) in [7, 11) is -3.23. The SMILES string of the molecule is O=P(c1ccccc1)(c1ccccc1)c1cc2c(c3ccccc13)Oc1c(ccc3ccccc13)O2. The second-order valence-corrected chi connectivity index (χ2v) is 11.6. The van der Waals surface area contributed by atoms with Crippen molar-refractivity contribution in [1.82, 2.24) is 0 Å². The minimum absolute atomic E-state index is 0.568. The van der Waals surface area contributed by atoms with Gasteiger partial charge in [-0.3, -0.25) is 0 Å². The van der Waals surface area contributed by atoms with Crippen LogP contribution >= 0.6 is 7.14 Å². The van der Waals surface area contributed by atoms with Crippen molar-refractivity contribution < 1.29 is 14.0 Å². The fourth-order valence-electron chi connectivity index (χ4n) is 5.08. The Hall–Kier alpha value is -4.33. The lowest BCUT2D eigenvalue weighted by atomic mass is 10.1. The summed E-state index contributed by atoms with van der Waals surface area (Å²) < 4.78 is 28.3. The smallest absolute Gasteiger partial charge is 0.178 e. The zero-order valence-electron chi connectivity index (χ0n) is 19.3. The number of fused-ring (bicyclic) bond motifs is 6. The summed E-state index contributed by atoms with van der Waals surface area (Å²) in [6.07, 6.45) is 0. The molecule has 172 valence electrons. The lowest BCUT2D eigenvalue weighted by Crippen LogP contribution is -2.26. The van der Waals surface area contributed by atoms with E-state index in [9.17, 15) is 0 Å². The van der Waals surface area contributed by atoms with Crippen LogP contribution in [0.5, 0.6) is 23.0 Å². The summed E-state index contributed by atoms with van der Waals surface area (Å²) in [6, 6.07) is 41.4. The lowest BCUT2D eigenvalue weighted by molar-refractivity contribution is 0.367. The third-order valence-corrected chi connectivity index (χ3v) is 9.88. The molecule has 0 amide bonds. The van der Waals surface area contributed by atoms with Gasteiger partial charge in [-0.15, -0.1) is 0 Å². The fourth-order valence-corrected chi connectivity index (χ4v) is 7.95. The molecule has 0 saturated carbocycles. The highest BCUT2D eigenvalue weighted by atomic mass is 31.2. The number of rotatable bonds is 3. The maximum atomic E-state index is 15.2. The van der Waals surface area contributed by atoms with Gasteiger partial charge in [0.05, 0.1) is 0 Å². The van der Waals surface area contributed by atoms with Gasteiger partial charge in [-0.1, -0.05) is 115 Å². The van der Waals surface area contributed by atoms with E-state index in [1.807, 2.05) is 121 Å². The van der Waals surface area contributed by atoms with Gasteiger partial charge in [-0.05, 0) is 22.9 Å². The largest absolute Gasteiger partial charge is 0.449 e. The van der Waals surface area contributed by atoms with Crippen LogP contribution in [0.25, 0.3) is 21.5 Å². The molecule has 36 heavy (non-hydrogen) atoms. The van der Waals surface area contributed by atoms with E-state index >= 15 is 4.57 Å². The molecule has 0 radical (unpaired) electrons. The molecular weight excluding hydrogens is 463 g/mol. The van der Waals surface area contributed by atoms with E-state index in [-0.39, 0.29) is 0 Å². The molecule has 0 fully saturated rings. The van der Waals surface area contributed by atoms with Crippen LogP contribution in [0.3, 0.4) is 0 Å². The molecule has 0 N–H and O–H groups in total. The quantitative estimate of drug-likeness (QED) is 0.243. The van der Waals surface area contributed by atoms with E-state index in [2.05, 4.69) is 6.07 Å². The monoisotopic (exact) mass is 484 g/mol. The summed E-state index contributed by atoms with van der Waals surface area (Å²) in [4.78, 5) is 0. The zero-order chi connectivity index (χ0) is 24.1. The molecular formula is C32H21O3P. The first-order valence-electron chi connectivity index (χ1n) is 11.9. The molecule has 4 heteroatoms. The molecule has 6 aromatic rings. The van der Waals surface area contributed by atoms with Crippen molar-refractivity contribution >= 4 is 44.6 Å². The van der Waals surface area contributed by atoms with Crippen LogP contribution in [0.15, 0.2) is 127 Å². The first-order valence-corrected chi connectivity index (χ1v) is 13.6. The van der Waals surface area contributed by atoms with Crippen LogP contribution in [0.1, 0.15) is 0 Å². The number of ether oxygens (including phenoxy) is 2. The van der Waals surface area contributed by atoms with E-state index in [1.165, 1.54) is 0 Å². The van der Waals surface area contributed by atoms with E-state index < -0.39 is 7.14 Å². The van der Waals surface area contributed by atoms with Gasteiger partial charge in [0, 0.05) is 26.7 Å². The summed E-state index contributed by atoms with van der Waals surface area (Å²) >= 11 is 0. The van der Waals surface area contributed by atoms with Gasteiger partial charge in [-0.2, -0.15) is 0 Å². The number of hydrogen-bond donors (Lipinski definition) is 0. The second-order valence-electron chi connectivity index (χ2n) is 8.87. The van der Waals surface area contributed by atoms with E-state index in [0.29, 0.717) is 23.0 Å². The molecule has 1 aliphatic rings. The average molecular weight is 484 g/mol. The molecule has 1 aliphatic heterocycles. The van der Waals surface area contributed by atoms with Crippen molar-refractivity contribution in [3.63, 3.8) is 0 Å². The normalized spacial score (nSPS) is 12.4. The second kappa shape index (κ2) is 8.12. The van der Waals surface area contributed by atoms with Crippen molar-refractivity contribution in [3.8, 4) is 23.0 Å². The van der Waals surface area contributed by atoms with Gasteiger partial charge in [0.25, 0.3) is 0 Å². The number of benzene rings is 6. The van der Waals surface area contributed by atoms with Gasteiger partial charge in [0.15, 0.2) is 30.1 Å². The molecule has 0 unspecified atom stereocenters. The maximum Gasteiger partial charge on any atom is 0.178 e. The van der Waals surface area contributed by atoms with Crippen molar-refractivity contribution in [2.75, 3.05) is 0 Å². The Morgan fingerprint density at radius 3 is 1.72 bits per heavy atom. The van der Waals surface area contributed by atoms with Crippen LogP contribution in [0.4, 0.5) is 0 Å². The minimum atomic E-state index is -3.23. The predicted octanol–water partition coefficient (Wildman–Crippen LogP) is 7.53. The molecule has 0 aliphatic carbocycles. The van der Waals surface area contributed by atoms with Crippen LogP contribution < -0.4 is 25.4 Å². The van der Waals surface area contributed by atoms with Crippen molar-refractivity contribution in [2.45, 2.75) is 0 Å². The lowest BCUT2D eigenvalue weighted by Gasteiger charge is -2.27. The molecule has 0 aromatic heterocycles.